The fraction of sp³-hybridized carbons (Fsp3) is 0.400. The number of nitrogens with zero attached hydrogens (tertiary/aromatic N) is 2. The van der Waals surface area contributed by atoms with E-state index < -0.39 is 0 Å². The summed E-state index contributed by atoms with van der Waals surface area (Å²) in [5, 5.41) is 3.10. The first-order valence-electron chi connectivity index (χ1n) is 4.36. The molecule has 0 aliphatic heterocycles. The van der Waals surface area contributed by atoms with E-state index >= 15 is 0 Å². The van der Waals surface area contributed by atoms with Gasteiger partial charge >= 0.3 is 0 Å². The Morgan fingerprint density at radius 1 is 1.43 bits per heavy atom. The third kappa shape index (κ3) is 3.67. The number of aromatic nitrogens is 2. The number of hydrogen-bond donors (Lipinski definition) is 1. The van der Waals surface area contributed by atoms with E-state index in [1.54, 1.807) is 11.8 Å². The maximum absolute atomic E-state index is 4.16. The molecule has 0 spiro atoms. The summed E-state index contributed by atoms with van der Waals surface area (Å²) in [6.45, 7) is 2.63. The van der Waals surface area contributed by atoms with Gasteiger partial charge in [0.25, 0.3) is 0 Å². The molecule has 3 nitrogen and oxygen atoms in total. The fourth-order valence-electron chi connectivity index (χ4n) is 0.875. The van der Waals surface area contributed by atoms with E-state index in [2.05, 4.69) is 27.1 Å². The molecule has 1 aromatic heterocycles. The fourth-order valence-corrected chi connectivity index (χ4v) is 1.19. The predicted molar refractivity (Wildman–Crippen MR) is 60.4 cm³/mol. The lowest BCUT2D eigenvalue weighted by Gasteiger charge is -2.01. The molecule has 0 aliphatic rings. The van der Waals surface area contributed by atoms with Crippen molar-refractivity contribution in [2.75, 3.05) is 18.1 Å². The van der Waals surface area contributed by atoms with Gasteiger partial charge in [-0.3, -0.25) is 0 Å². The third-order valence-electron chi connectivity index (χ3n) is 1.57. The molecule has 74 valence electrons. The molecule has 14 heavy (non-hydrogen) atoms. The van der Waals surface area contributed by atoms with Crippen LogP contribution in [0.3, 0.4) is 0 Å². The molecule has 0 atom stereocenters. The van der Waals surface area contributed by atoms with Crippen molar-refractivity contribution < 1.29 is 0 Å². The van der Waals surface area contributed by atoms with Crippen LogP contribution in [-0.4, -0.2) is 22.8 Å². The molecule has 0 radical (unpaired) electrons. The van der Waals surface area contributed by atoms with Gasteiger partial charge in [0.1, 0.15) is 0 Å². The quantitative estimate of drug-likeness (QED) is 0.466. The standard InChI is InChI=1S/C10H13N3S/c1-3-4-5-6-11-10-12-7-9(14-2)8-13-10/h7-8H,5-6H2,1-2H3,(H,11,12,13). The van der Waals surface area contributed by atoms with Crippen LogP contribution in [0.15, 0.2) is 17.3 Å². The van der Waals surface area contributed by atoms with Crippen molar-refractivity contribution in [3.05, 3.63) is 12.4 Å². The minimum absolute atomic E-state index is 0.667. The molecule has 1 heterocycles. The second-order valence-electron chi connectivity index (χ2n) is 2.55. The lowest BCUT2D eigenvalue weighted by Crippen LogP contribution is -2.04. The average Bonchev–Trinajstić information content (AvgIpc) is 2.25. The van der Waals surface area contributed by atoms with Crippen molar-refractivity contribution >= 4 is 17.7 Å². The van der Waals surface area contributed by atoms with Gasteiger partial charge in [-0.1, -0.05) is 0 Å². The highest BCUT2D eigenvalue weighted by Crippen LogP contribution is 2.11. The molecule has 0 fully saturated rings. The van der Waals surface area contributed by atoms with Crippen LogP contribution < -0.4 is 5.32 Å². The van der Waals surface area contributed by atoms with E-state index in [1.807, 2.05) is 25.6 Å². The second-order valence-corrected chi connectivity index (χ2v) is 3.43. The molecule has 0 saturated heterocycles. The Morgan fingerprint density at radius 2 is 2.14 bits per heavy atom. The summed E-state index contributed by atoms with van der Waals surface area (Å²) >= 11 is 1.63. The van der Waals surface area contributed by atoms with Gasteiger partial charge in [0.15, 0.2) is 0 Å². The molecule has 1 rings (SSSR count). The minimum Gasteiger partial charge on any atom is -0.353 e. The van der Waals surface area contributed by atoms with E-state index in [9.17, 15) is 0 Å². The Labute approximate surface area is 88.7 Å². The normalized spacial score (nSPS) is 9.00. The summed E-state index contributed by atoms with van der Waals surface area (Å²) in [7, 11) is 0. The molecule has 1 N–H and O–H groups in total. The van der Waals surface area contributed by atoms with E-state index in [-0.39, 0.29) is 0 Å². The number of nitrogens with one attached hydrogen (secondary N) is 1. The van der Waals surface area contributed by atoms with Crippen LogP contribution in [0.4, 0.5) is 5.95 Å². The smallest absolute Gasteiger partial charge is 0.222 e. The molecule has 0 unspecified atom stereocenters. The Bertz CT molecular complexity index is 323. The molecular weight excluding hydrogens is 194 g/mol. The minimum atomic E-state index is 0.667. The van der Waals surface area contributed by atoms with E-state index in [0.29, 0.717) is 5.95 Å². The Hall–Kier alpha value is -1.21. The molecule has 4 heteroatoms. The van der Waals surface area contributed by atoms with Gasteiger partial charge in [-0.2, -0.15) is 0 Å². The second kappa shape index (κ2) is 6.28. The summed E-state index contributed by atoms with van der Waals surface area (Å²) in [6.07, 6.45) is 6.45. The number of hydrogen-bond acceptors (Lipinski definition) is 4. The zero-order valence-electron chi connectivity index (χ0n) is 8.37. The van der Waals surface area contributed by atoms with Gasteiger partial charge in [-0.15, -0.1) is 23.6 Å². The summed E-state index contributed by atoms with van der Waals surface area (Å²) in [5.74, 6) is 6.47. The first-order chi connectivity index (χ1) is 6.86. The molecule has 0 bridgehead atoms. The molecule has 0 aliphatic carbocycles. The van der Waals surface area contributed by atoms with Crippen LogP contribution in [0.5, 0.6) is 0 Å². The lowest BCUT2D eigenvalue weighted by atomic mass is 10.4. The van der Waals surface area contributed by atoms with Crippen molar-refractivity contribution in [3.63, 3.8) is 0 Å². The first kappa shape index (κ1) is 10.9. The zero-order chi connectivity index (χ0) is 10.2. The van der Waals surface area contributed by atoms with E-state index in [0.717, 1.165) is 17.9 Å². The monoisotopic (exact) mass is 207 g/mol. The average molecular weight is 207 g/mol. The van der Waals surface area contributed by atoms with Crippen LogP contribution in [0, 0.1) is 11.8 Å². The van der Waals surface area contributed by atoms with Crippen LogP contribution in [-0.2, 0) is 0 Å². The zero-order valence-corrected chi connectivity index (χ0v) is 9.19. The van der Waals surface area contributed by atoms with Crippen LogP contribution in [0.25, 0.3) is 0 Å². The molecule has 0 amide bonds. The summed E-state index contributed by atoms with van der Waals surface area (Å²) in [4.78, 5) is 9.38. The SMILES string of the molecule is CC#CCCNc1ncc(SC)cn1. The Morgan fingerprint density at radius 3 is 2.71 bits per heavy atom. The van der Waals surface area contributed by atoms with E-state index in [4.69, 9.17) is 0 Å². The maximum atomic E-state index is 4.16. The van der Waals surface area contributed by atoms with Gasteiger partial charge in [-0.25, -0.2) is 9.97 Å². The number of anilines is 1. The summed E-state index contributed by atoms with van der Waals surface area (Å²) in [5.41, 5.74) is 0. The topological polar surface area (TPSA) is 37.8 Å². The Kier molecular flexibility index (Phi) is 4.87. The lowest BCUT2D eigenvalue weighted by molar-refractivity contribution is 1.01. The summed E-state index contributed by atoms with van der Waals surface area (Å²) in [6, 6.07) is 0. The van der Waals surface area contributed by atoms with Gasteiger partial charge < -0.3 is 5.32 Å². The van der Waals surface area contributed by atoms with Crippen molar-refractivity contribution in [1.82, 2.24) is 9.97 Å². The molecule has 1 aromatic rings. The van der Waals surface area contributed by atoms with E-state index in [1.165, 1.54) is 0 Å². The van der Waals surface area contributed by atoms with Crippen molar-refractivity contribution in [3.8, 4) is 11.8 Å². The highest BCUT2D eigenvalue weighted by Gasteiger charge is 1.94. The van der Waals surface area contributed by atoms with Crippen LogP contribution >= 0.6 is 11.8 Å². The highest BCUT2D eigenvalue weighted by atomic mass is 32.2. The van der Waals surface area contributed by atoms with Crippen LogP contribution in [0.1, 0.15) is 13.3 Å². The maximum Gasteiger partial charge on any atom is 0.222 e. The summed E-state index contributed by atoms with van der Waals surface area (Å²) < 4.78 is 0. The molecular formula is C10H13N3S. The third-order valence-corrected chi connectivity index (χ3v) is 2.26. The Balaban J connectivity index is 2.38. The van der Waals surface area contributed by atoms with Gasteiger partial charge in [0.05, 0.1) is 0 Å². The van der Waals surface area contributed by atoms with Crippen LogP contribution in [0.2, 0.25) is 0 Å². The van der Waals surface area contributed by atoms with Crippen molar-refractivity contribution in [2.45, 2.75) is 18.2 Å². The van der Waals surface area contributed by atoms with Crippen molar-refractivity contribution in [1.29, 1.82) is 0 Å². The molecule has 0 aromatic carbocycles. The number of thioether (sulfide) groups is 1. The number of rotatable bonds is 4. The van der Waals surface area contributed by atoms with Crippen molar-refractivity contribution in [2.24, 2.45) is 0 Å². The molecule has 0 saturated carbocycles. The van der Waals surface area contributed by atoms with Gasteiger partial charge in [0, 0.05) is 30.3 Å². The van der Waals surface area contributed by atoms with Gasteiger partial charge in [-0.05, 0) is 13.2 Å². The largest absolute Gasteiger partial charge is 0.353 e. The first-order valence-corrected chi connectivity index (χ1v) is 5.59. The predicted octanol–water partition coefficient (Wildman–Crippen LogP) is 2.02. The van der Waals surface area contributed by atoms with Gasteiger partial charge in [0.2, 0.25) is 5.95 Å². The highest BCUT2D eigenvalue weighted by molar-refractivity contribution is 7.98.